The summed E-state index contributed by atoms with van der Waals surface area (Å²) in [5.74, 6) is 0.876. The molecule has 1 amide bonds. The lowest BCUT2D eigenvalue weighted by molar-refractivity contribution is -0.123. The number of nitrogens with zero attached hydrogens (tertiary/aromatic N) is 2. The van der Waals surface area contributed by atoms with Gasteiger partial charge >= 0.3 is 0 Å². The number of methoxy groups -OCH3 is 1. The Morgan fingerprint density at radius 3 is 2.67 bits per heavy atom. The molecule has 2 aromatic carbocycles. The predicted molar refractivity (Wildman–Crippen MR) is 101 cm³/mol. The van der Waals surface area contributed by atoms with E-state index in [0.717, 1.165) is 0 Å². The van der Waals surface area contributed by atoms with E-state index in [1.807, 2.05) is 24.3 Å². The molecule has 27 heavy (non-hydrogen) atoms. The Morgan fingerprint density at radius 2 is 1.89 bits per heavy atom. The number of amides is 1. The van der Waals surface area contributed by atoms with Gasteiger partial charge < -0.3 is 19.3 Å². The molecule has 3 rings (SSSR count). The van der Waals surface area contributed by atoms with Crippen molar-refractivity contribution < 1.29 is 18.8 Å². The normalized spacial score (nSPS) is 10.6. The molecule has 1 aromatic heterocycles. The maximum absolute atomic E-state index is 11.8. The molecule has 0 fully saturated rings. The first-order chi connectivity index (χ1) is 13.2. The van der Waals surface area contributed by atoms with Crippen molar-refractivity contribution in [3.05, 3.63) is 53.6 Å². The summed E-state index contributed by atoms with van der Waals surface area (Å²) < 4.78 is 15.9. The quantitative estimate of drug-likeness (QED) is 0.597. The molecular weight excluding hydrogens is 370 g/mol. The maximum atomic E-state index is 11.8. The van der Waals surface area contributed by atoms with Crippen LogP contribution in [0.25, 0.3) is 22.8 Å². The van der Waals surface area contributed by atoms with Crippen LogP contribution in [-0.4, -0.2) is 42.9 Å². The zero-order chi connectivity index (χ0) is 19.1. The molecular formula is C19H18ClN3O4. The van der Waals surface area contributed by atoms with Gasteiger partial charge in [0.1, 0.15) is 5.75 Å². The van der Waals surface area contributed by atoms with Gasteiger partial charge in [-0.3, -0.25) is 4.79 Å². The lowest BCUT2D eigenvalue weighted by Gasteiger charge is -2.09. The Balaban J connectivity index is 1.75. The molecule has 0 aliphatic rings. The molecule has 0 spiro atoms. The van der Waals surface area contributed by atoms with Gasteiger partial charge in [0.25, 0.3) is 11.8 Å². The van der Waals surface area contributed by atoms with Crippen molar-refractivity contribution in [3.8, 4) is 28.6 Å². The van der Waals surface area contributed by atoms with E-state index in [0.29, 0.717) is 40.9 Å². The number of hydrogen-bond acceptors (Lipinski definition) is 6. The summed E-state index contributed by atoms with van der Waals surface area (Å²) in [5.41, 5.74) is 1.26. The van der Waals surface area contributed by atoms with Crippen LogP contribution in [0.4, 0.5) is 0 Å². The van der Waals surface area contributed by atoms with Crippen LogP contribution in [0.15, 0.2) is 53.1 Å². The second-order valence-electron chi connectivity index (χ2n) is 5.53. The molecule has 0 aliphatic heterocycles. The summed E-state index contributed by atoms with van der Waals surface area (Å²) in [4.78, 5) is 16.2. The van der Waals surface area contributed by atoms with Crippen molar-refractivity contribution in [2.45, 2.75) is 0 Å². The van der Waals surface area contributed by atoms with Crippen LogP contribution < -0.4 is 10.1 Å². The number of hydrogen-bond donors (Lipinski definition) is 1. The third-order valence-electron chi connectivity index (χ3n) is 3.65. The van der Waals surface area contributed by atoms with E-state index in [9.17, 15) is 4.79 Å². The van der Waals surface area contributed by atoms with Gasteiger partial charge in [-0.05, 0) is 24.3 Å². The number of carbonyl (C=O) groups excluding carboxylic acids is 1. The Hall–Kier alpha value is -2.90. The molecule has 0 bridgehead atoms. The molecule has 0 saturated heterocycles. The van der Waals surface area contributed by atoms with Crippen LogP contribution in [0.1, 0.15) is 0 Å². The highest BCUT2D eigenvalue weighted by Gasteiger charge is 2.16. The lowest BCUT2D eigenvalue weighted by Crippen LogP contribution is -2.31. The Bertz CT molecular complexity index is 913. The Morgan fingerprint density at radius 1 is 1.15 bits per heavy atom. The van der Waals surface area contributed by atoms with Gasteiger partial charge in [-0.2, -0.15) is 4.98 Å². The van der Waals surface area contributed by atoms with Gasteiger partial charge in [0.05, 0.1) is 17.2 Å². The molecule has 140 valence electrons. The third-order valence-corrected chi connectivity index (χ3v) is 3.97. The van der Waals surface area contributed by atoms with E-state index in [2.05, 4.69) is 15.5 Å². The number of ether oxygens (including phenoxy) is 2. The second kappa shape index (κ2) is 9.16. The monoisotopic (exact) mass is 387 g/mol. The van der Waals surface area contributed by atoms with Crippen LogP contribution in [0.3, 0.4) is 0 Å². The van der Waals surface area contributed by atoms with Gasteiger partial charge in [0, 0.05) is 19.2 Å². The fraction of sp³-hybridized carbons (Fsp3) is 0.211. The Labute approximate surface area is 161 Å². The fourth-order valence-corrected chi connectivity index (χ4v) is 2.56. The zero-order valence-corrected chi connectivity index (χ0v) is 15.4. The molecule has 0 atom stereocenters. The SMILES string of the molecule is COCCNC(=O)COc1ccccc1-c1nc(-c2ccccc2Cl)no1. The topological polar surface area (TPSA) is 86.5 Å². The highest BCUT2D eigenvalue weighted by Crippen LogP contribution is 2.31. The molecule has 0 unspecified atom stereocenters. The standard InChI is InChI=1S/C19H18ClN3O4/c1-25-11-10-21-17(24)12-26-16-9-5-3-7-14(16)19-22-18(23-27-19)13-6-2-4-8-15(13)20/h2-9H,10-12H2,1H3,(H,21,24). The fourth-order valence-electron chi connectivity index (χ4n) is 2.34. The van der Waals surface area contributed by atoms with Crippen molar-refractivity contribution in [3.63, 3.8) is 0 Å². The van der Waals surface area contributed by atoms with E-state index in [4.69, 9.17) is 25.6 Å². The van der Waals surface area contributed by atoms with Crippen LogP contribution in [0.2, 0.25) is 5.02 Å². The van der Waals surface area contributed by atoms with Crippen molar-refractivity contribution >= 4 is 17.5 Å². The van der Waals surface area contributed by atoms with Crippen LogP contribution in [-0.2, 0) is 9.53 Å². The Kier molecular flexibility index (Phi) is 6.40. The van der Waals surface area contributed by atoms with Gasteiger partial charge in [-0.15, -0.1) is 0 Å². The first kappa shape index (κ1) is 18.9. The molecule has 1 N–H and O–H groups in total. The smallest absolute Gasteiger partial charge is 0.262 e. The van der Waals surface area contributed by atoms with Crippen LogP contribution in [0, 0.1) is 0 Å². The highest BCUT2D eigenvalue weighted by molar-refractivity contribution is 6.33. The maximum Gasteiger partial charge on any atom is 0.262 e. The third kappa shape index (κ3) is 4.84. The number of aromatic nitrogens is 2. The molecule has 0 aliphatic carbocycles. The summed E-state index contributed by atoms with van der Waals surface area (Å²) in [6.45, 7) is 0.729. The minimum absolute atomic E-state index is 0.133. The van der Waals surface area contributed by atoms with Gasteiger partial charge in [0.2, 0.25) is 5.82 Å². The average molecular weight is 388 g/mol. The number of nitrogens with one attached hydrogen (secondary N) is 1. The molecule has 0 radical (unpaired) electrons. The first-order valence-corrected chi connectivity index (χ1v) is 8.63. The molecule has 1 heterocycles. The van der Waals surface area contributed by atoms with Crippen molar-refractivity contribution in [2.75, 3.05) is 26.9 Å². The van der Waals surface area contributed by atoms with Crippen molar-refractivity contribution in [1.29, 1.82) is 0 Å². The van der Waals surface area contributed by atoms with Crippen molar-refractivity contribution in [1.82, 2.24) is 15.5 Å². The molecule has 7 nitrogen and oxygen atoms in total. The number of rotatable bonds is 8. The van der Waals surface area contributed by atoms with Crippen molar-refractivity contribution in [2.24, 2.45) is 0 Å². The summed E-state index contributed by atoms with van der Waals surface area (Å²) in [6, 6.07) is 14.4. The van der Waals surface area contributed by atoms with Gasteiger partial charge in [0.15, 0.2) is 6.61 Å². The summed E-state index contributed by atoms with van der Waals surface area (Å²) >= 11 is 6.18. The average Bonchev–Trinajstić information content (AvgIpc) is 3.17. The van der Waals surface area contributed by atoms with E-state index in [1.54, 1.807) is 31.4 Å². The zero-order valence-electron chi connectivity index (χ0n) is 14.6. The molecule has 8 heteroatoms. The lowest BCUT2D eigenvalue weighted by atomic mass is 10.2. The summed E-state index contributed by atoms with van der Waals surface area (Å²) in [5, 5.41) is 7.21. The molecule has 3 aromatic rings. The van der Waals surface area contributed by atoms with Gasteiger partial charge in [-0.25, -0.2) is 0 Å². The predicted octanol–water partition coefficient (Wildman–Crippen LogP) is 3.20. The number of halogens is 1. The summed E-state index contributed by atoms with van der Waals surface area (Å²) in [7, 11) is 1.57. The minimum Gasteiger partial charge on any atom is -0.483 e. The highest BCUT2D eigenvalue weighted by atomic mass is 35.5. The summed E-state index contributed by atoms with van der Waals surface area (Å²) in [6.07, 6.45) is 0. The number of benzene rings is 2. The van der Waals surface area contributed by atoms with Crippen LogP contribution >= 0.6 is 11.6 Å². The van der Waals surface area contributed by atoms with Gasteiger partial charge in [-0.1, -0.05) is 41.0 Å². The van der Waals surface area contributed by atoms with Crippen LogP contribution in [0.5, 0.6) is 5.75 Å². The van der Waals surface area contributed by atoms with E-state index < -0.39 is 0 Å². The number of para-hydroxylation sites is 1. The first-order valence-electron chi connectivity index (χ1n) is 8.25. The number of carbonyl (C=O) groups is 1. The molecule has 0 saturated carbocycles. The van der Waals surface area contributed by atoms with E-state index in [-0.39, 0.29) is 18.4 Å². The largest absolute Gasteiger partial charge is 0.483 e. The second-order valence-corrected chi connectivity index (χ2v) is 5.94. The minimum atomic E-state index is -0.246. The van der Waals surface area contributed by atoms with E-state index in [1.165, 1.54) is 0 Å². The van der Waals surface area contributed by atoms with E-state index >= 15 is 0 Å².